The Balaban J connectivity index is 1.23. The molecule has 0 fully saturated rings. The summed E-state index contributed by atoms with van der Waals surface area (Å²) in [7, 11) is 0. The molecule has 0 aliphatic rings. The monoisotopic (exact) mass is 894 g/mol. The van der Waals surface area contributed by atoms with Gasteiger partial charge < -0.3 is 9.52 Å². The molecule has 3 heterocycles. The molecule has 0 amide bonds. The van der Waals surface area contributed by atoms with Gasteiger partial charge in [0.1, 0.15) is 28.8 Å². The summed E-state index contributed by atoms with van der Waals surface area (Å²) in [6.45, 7) is 13.1. The summed E-state index contributed by atoms with van der Waals surface area (Å²) >= 11 is 0. The highest BCUT2D eigenvalue weighted by molar-refractivity contribution is 6.14. The molecule has 334 valence electrons. The SMILES string of the molecule is CC(C)(C)c1cc(-c2nc3c(-c4cc(-c5cc(-c6ccccc6)ccn5)c5oc6c(C#N)c(-c7ccccc7)ccc6c5c4)cccc3n2-c2ccccc2-c2ccccc2)c(O)c(C(C)(C)C)c1. The van der Waals surface area contributed by atoms with E-state index in [1.54, 1.807) is 0 Å². The molecule has 1 N–H and O–H groups in total. The molecule has 0 unspecified atom stereocenters. The number of aromatic hydroxyl groups is 1. The van der Waals surface area contributed by atoms with Gasteiger partial charge in [-0.15, -0.1) is 0 Å². The molecule has 0 saturated carbocycles. The van der Waals surface area contributed by atoms with Crippen LogP contribution in [0.2, 0.25) is 0 Å². The normalized spacial score (nSPS) is 12.0. The lowest BCUT2D eigenvalue weighted by Crippen LogP contribution is -2.17. The van der Waals surface area contributed by atoms with Crippen LogP contribution < -0.4 is 0 Å². The molecule has 69 heavy (non-hydrogen) atoms. The van der Waals surface area contributed by atoms with Gasteiger partial charge in [-0.2, -0.15) is 5.26 Å². The molecule has 11 aromatic rings. The Labute approximate surface area is 402 Å². The number of hydrogen-bond acceptors (Lipinski definition) is 5. The average Bonchev–Trinajstić information content (AvgIpc) is 3.95. The van der Waals surface area contributed by atoms with Crippen LogP contribution in [0.15, 0.2) is 193 Å². The number of para-hydroxylation sites is 2. The first-order valence-electron chi connectivity index (χ1n) is 23.4. The van der Waals surface area contributed by atoms with Gasteiger partial charge in [0.05, 0.1) is 28.0 Å². The zero-order valence-corrected chi connectivity index (χ0v) is 39.5. The Hall–Kier alpha value is -8.53. The van der Waals surface area contributed by atoms with Gasteiger partial charge in [0.25, 0.3) is 0 Å². The molecule has 0 atom stereocenters. The fourth-order valence-corrected chi connectivity index (χ4v) is 9.74. The number of phenols is 1. The third-order valence-electron chi connectivity index (χ3n) is 13.3. The standard InChI is InChI=1S/C63H50N4O2/c1-62(2,3)44-36-51(58(68)53(37-44)63(4,5)6)61-66-57-47(26-18-28-56(57)67(61)55-27-17-16-25-46(55)41-23-14-9-15-24-41)43-33-49-48-30-29-45(40-21-12-8-13-22-40)52(38-64)59(48)69-60(49)50(34-43)54-35-42(31-32-65-54)39-19-10-7-11-20-39/h7-37,68H,1-6H3. The number of furan rings is 1. The smallest absolute Gasteiger partial charge is 0.153 e. The maximum absolute atomic E-state index is 12.5. The molecule has 3 aromatic heterocycles. The summed E-state index contributed by atoms with van der Waals surface area (Å²) in [5, 5.41) is 25.0. The van der Waals surface area contributed by atoms with Crippen LogP contribution in [-0.4, -0.2) is 19.6 Å². The third-order valence-corrected chi connectivity index (χ3v) is 13.3. The Morgan fingerprint density at radius 3 is 1.86 bits per heavy atom. The second-order valence-corrected chi connectivity index (χ2v) is 19.9. The Kier molecular flexibility index (Phi) is 10.4. The lowest BCUT2D eigenvalue weighted by molar-refractivity contribution is 0.446. The predicted molar refractivity (Wildman–Crippen MR) is 283 cm³/mol. The van der Waals surface area contributed by atoms with E-state index in [0.29, 0.717) is 28.1 Å². The zero-order chi connectivity index (χ0) is 47.6. The number of rotatable bonds is 7. The van der Waals surface area contributed by atoms with Gasteiger partial charge in [-0.05, 0) is 92.7 Å². The average molecular weight is 895 g/mol. The highest BCUT2D eigenvalue weighted by atomic mass is 16.3. The second-order valence-electron chi connectivity index (χ2n) is 19.9. The van der Waals surface area contributed by atoms with Crippen LogP contribution in [0.5, 0.6) is 5.75 Å². The lowest BCUT2D eigenvalue weighted by atomic mass is 9.79. The van der Waals surface area contributed by atoms with Crippen molar-refractivity contribution in [1.82, 2.24) is 14.5 Å². The lowest BCUT2D eigenvalue weighted by Gasteiger charge is -2.27. The minimum absolute atomic E-state index is 0.215. The van der Waals surface area contributed by atoms with Crippen molar-refractivity contribution in [3.8, 4) is 84.7 Å². The molecule has 0 radical (unpaired) electrons. The van der Waals surface area contributed by atoms with Crippen molar-refractivity contribution in [3.05, 3.63) is 205 Å². The third kappa shape index (κ3) is 7.53. The fraction of sp³-hybridized carbons (Fsp3) is 0.127. The number of imidazole rings is 1. The van der Waals surface area contributed by atoms with Gasteiger partial charge in [-0.25, -0.2) is 4.98 Å². The van der Waals surface area contributed by atoms with Gasteiger partial charge in [-0.1, -0.05) is 175 Å². The van der Waals surface area contributed by atoms with Crippen molar-refractivity contribution in [2.75, 3.05) is 0 Å². The van der Waals surface area contributed by atoms with E-state index in [9.17, 15) is 10.4 Å². The number of hydrogen-bond donors (Lipinski definition) is 1. The first-order valence-corrected chi connectivity index (χ1v) is 23.4. The summed E-state index contributed by atoms with van der Waals surface area (Å²) in [6, 6.07) is 64.7. The molecule has 0 aliphatic carbocycles. The van der Waals surface area contributed by atoms with Crippen LogP contribution in [0.25, 0.3) is 106 Å². The van der Waals surface area contributed by atoms with Crippen molar-refractivity contribution in [2.45, 2.75) is 52.4 Å². The van der Waals surface area contributed by atoms with Gasteiger partial charge in [-0.3, -0.25) is 9.55 Å². The molecule has 0 aliphatic heterocycles. The largest absolute Gasteiger partial charge is 0.507 e. The van der Waals surface area contributed by atoms with Crippen LogP contribution in [0.3, 0.4) is 0 Å². The number of benzene rings is 8. The summed E-state index contributed by atoms with van der Waals surface area (Å²) in [5.41, 5.74) is 15.5. The summed E-state index contributed by atoms with van der Waals surface area (Å²) in [6.07, 6.45) is 1.84. The number of phenolic OH excluding ortho intramolecular Hbond substituents is 1. The van der Waals surface area contributed by atoms with E-state index >= 15 is 0 Å². The van der Waals surface area contributed by atoms with Crippen molar-refractivity contribution >= 4 is 33.0 Å². The van der Waals surface area contributed by atoms with Crippen LogP contribution in [-0.2, 0) is 10.8 Å². The van der Waals surface area contributed by atoms with Gasteiger partial charge in [0.15, 0.2) is 5.58 Å². The van der Waals surface area contributed by atoms with E-state index in [-0.39, 0.29) is 16.6 Å². The summed E-state index contributed by atoms with van der Waals surface area (Å²) < 4.78 is 9.14. The topological polar surface area (TPSA) is 87.9 Å². The van der Waals surface area contributed by atoms with E-state index in [2.05, 4.69) is 167 Å². The van der Waals surface area contributed by atoms with E-state index in [1.807, 2.05) is 72.9 Å². The van der Waals surface area contributed by atoms with Crippen molar-refractivity contribution in [1.29, 1.82) is 5.26 Å². The predicted octanol–water partition coefficient (Wildman–Crippen LogP) is 16.5. The molecular weight excluding hydrogens is 845 g/mol. The number of pyridine rings is 1. The van der Waals surface area contributed by atoms with E-state index in [0.717, 1.165) is 94.4 Å². The Morgan fingerprint density at radius 2 is 1.17 bits per heavy atom. The molecule has 6 nitrogen and oxygen atoms in total. The van der Waals surface area contributed by atoms with E-state index < -0.39 is 0 Å². The van der Waals surface area contributed by atoms with Gasteiger partial charge in [0, 0.05) is 44.8 Å². The van der Waals surface area contributed by atoms with Crippen LogP contribution in [0.1, 0.15) is 58.2 Å². The van der Waals surface area contributed by atoms with E-state index in [1.165, 1.54) is 0 Å². The van der Waals surface area contributed by atoms with Crippen LogP contribution in [0, 0.1) is 11.3 Å². The van der Waals surface area contributed by atoms with Gasteiger partial charge in [0.2, 0.25) is 0 Å². The number of nitrogens with zero attached hydrogens (tertiary/aromatic N) is 4. The Morgan fingerprint density at radius 1 is 0.522 bits per heavy atom. The fourth-order valence-electron chi connectivity index (χ4n) is 9.74. The highest BCUT2D eigenvalue weighted by Gasteiger charge is 2.30. The first kappa shape index (κ1) is 43.1. The minimum Gasteiger partial charge on any atom is -0.507 e. The molecule has 11 rings (SSSR count). The minimum atomic E-state index is -0.359. The van der Waals surface area contributed by atoms with Crippen molar-refractivity contribution in [3.63, 3.8) is 0 Å². The Bertz CT molecular complexity index is 3810. The van der Waals surface area contributed by atoms with Crippen molar-refractivity contribution < 1.29 is 9.52 Å². The number of aromatic nitrogens is 3. The molecule has 0 saturated heterocycles. The number of nitriles is 1. The molecule has 6 heteroatoms. The highest BCUT2D eigenvalue weighted by Crippen LogP contribution is 2.47. The van der Waals surface area contributed by atoms with Crippen molar-refractivity contribution in [2.24, 2.45) is 0 Å². The molecule has 8 aromatic carbocycles. The maximum atomic E-state index is 12.5. The zero-order valence-electron chi connectivity index (χ0n) is 39.5. The molecular formula is C63H50N4O2. The van der Waals surface area contributed by atoms with Crippen LogP contribution >= 0.6 is 0 Å². The molecule has 0 bridgehead atoms. The quantitative estimate of drug-likeness (QED) is 0.172. The maximum Gasteiger partial charge on any atom is 0.153 e. The first-order chi connectivity index (χ1) is 33.4. The summed E-state index contributed by atoms with van der Waals surface area (Å²) in [5.74, 6) is 0.848. The van der Waals surface area contributed by atoms with Gasteiger partial charge >= 0.3 is 0 Å². The second kappa shape index (κ2) is 16.7. The number of fused-ring (bicyclic) bond motifs is 4. The van der Waals surface area contributed by atoms with E-state index in [4.69, 9.17) is 14.4 Å². The van der Waals surface area contributed by atoms with Crippen LogP contribution in [0.4, 0.5) is 0 Å². The summed E-state index contributed by atoms with van der Waals surface area (Å²) in [4.78, 5) is 10.6. The molecule has 0 spiro atoms.